The van der Waals surface area contributed by atoms with Gasteiger partial charge in [0.15, 0.2) is 5.65 Å². The molecule has 156 valence electrons. The zero-order valence-electron chi connectivity index (χ0n) is 17.7. The Hall–Kier alpha value is -2.71. The van der Waals surface area contributed by atoms with Crippen LogP contribution >= 0.6 is 0 Å². The molecule has 1 amide bonds. The standard InChI is InChI=1S/C21H29N5O3/c1-13(2)26-20-18(12-24-26)17(21(27)23-7-6-22-8-9-28-5)11-19(25-20)16-10-14(3)29-15(16)4/h10-13,22H,6-9H2,1-5H3,(H,23,27). The largest absolute Gasteiger partial charge is 0.466 e. The highest BCUT2D eigenvalue weighted by Gasteiger charge is 2.20. The summed E-state index contributed by atoms with van der Waals surface area (Å²) in [5.41, 5.74) is 2.85. The molecule has 3 aromatic heterocycles. The topological polar surface area (TPSA) is 94.2 Å². The van der Waals surface area contributed by atoms with Gasteiger partial charge in [-0.3, -0.25) is 4.79 Å². The van der Waals surface area contributed by atoms with Crippen LogP contribution < -0.4 is 10.6 Å². The molecule has 0 aliphatic heterocycles. The third-order valence-electron chi connectivity index (χ3n) is 4.69. The van der Waals surface area contributed by atoms with E-state index in [1.54, 1.807) is 13.3 Å². The van der Waals surface area contributed by atoms with Gasteiger partial charge in [-0.05, 0) is 39.8 Å². The van der Waals surface area contributed by atoms with Crippen LogP contribution in [0.5, 0.6) is 0 Å². The smallest absolute Gasteiger partial charge is 0.252 e. The minimum Gasteiger partial charge on any atom is -0.466 e. The first-order chi connectivity index (χ1) is 13.9. The first-order valence-corrected chi connectivity index (χ1v) is 9.86. The number of carbonyl (C=O) groups is 1. The second kappa shape index (κ2) is 9.19. The average molecular weight is 399 g/mol. The fraction of sp³-hybridized carbons (Fsp3) is 0.476. The van der Waals surface area contributed by atoms with Crippen LogP contribution in [0.1, 0.15) is 41.8 Å². The highest BCUT2D eigenvalue weighted by molar-refractivity contribution is 6.06. The number of nitrogens with one attached hydrogen (secondary N) is 2. The van der Waals surface area contributed by atoms with Gasteiger partial charge in [-0.2, -0.15) is 5.10 Å². The Kier molecular flexibility index (Phi) is 6.66. The van der Waals surface area contributed by atoms with E-state index >= 15 is 0 Å². The number of furan rings is 1. The Morgan fingerprint density at radius 2 is 2.03 bits per heavy atom. The first kappa shape index (κ1) is 21.0. The van der Waals surface area contributed by atoms with E-state index in [2.05, 4.69) is 15.7 Å². The van der Waals surface area contributed by atoms with Crippen LogP contribution in [-0.2, 0) is 4.74 Å². The van der Waals surface area contributed by atoms with Crippen molar-refractivity contribution in [3.63, 3.8) is 0 Å². The molecule has 0 fully saturated rings. The minimum atomic E-state index is -0.145. The van der Waals surface area contributed by atoms with Crippen molar-refractivity contribution in [2.24, 2.45) is 0 Å². The number of pyridine rings is 1. The van der Waals surface area contributed by atoms with Crippen LogP contribution in [0.2, 0.25) is 0 Å². The third-order valence-corrected chi connectivity index (χ3v) is 4.69. The van der Waals surface area contributed by atoms with E-state index < -0.39 is 0 Å². The van der Waals surface area contributed by atoms with Crippen LogP contribution in [0, 0.1) is 13.8 Å². The van der Waals surface area contributed by atoms with Gasteiger partial charge in [0.2, 0.25) is 0 Å². The number of amides is 1. The van der Waals surface area contributed by atoms with E-state index in [9.17, 15) is 4.79 Å². The Bertz CT molecular complexity index is 990. The molecule has 0 spiro atoms. The molecule has 0 radical (unpaired) electrons. The van der Waals surface area contributed by atoms with Gasteiger partial charge in [-0.25, -0.2) is 9.67 Å². The zero-order valence-corrected chi connectivity index (χ0v) is 17.7. The summed E-state index contributed by atoms with van der Waals surface area (Å²) < 4.78 is 12.5. The molecule has 0 aliphatic carbocycles. The molecular weight excluding hydrogens is 370 g/mol. The molecular formula is C21H29N5O3. The van der Waals surface area contributed by atoms with Crippen molar-refractivity contribution in [1.29, 1.82) is 0 Å². The van der Waals surface area contributed by atoms with Crippen molar-refractivity contribution in [3.8, 4) is 11.3 Å². The summed E-state index contributed by atoms with van der Waals surface area (Å²) in [5.74, 6) is 1.44. The molecule has 0 bridgehead atoms. The van der Waals surface area contributed by atoms with Gasteiger partial charge in [0, 0.05) is 38.3 Å². The van der Waals surface area contributed by atoms with Crippen LogP contribution in [0.15, 0.2) is 22.7 Å². The molecule has 0 aliphatic rings. The number of carbonyl (C=O) groups excluding carboxylic acids is 1. The Labute approximate surface area is 170 Å². The molecule has 3 aromatic rings. The van der Waals surface area contributed by atoms with E-state index in [0.717, 1.165) is 29.0 Å². The summed E-state index contributed by atoms with van der Waals surface area (Å²) in [5, 5.41) is 11.4. The molecule has 0 atom stereocenters. The Morgan fingerprint density at radius 1 is 1.24 bits per heavy atom. The van der Waals surface area contributed by atoms with Crippen LogP contribution in [0.4, 0.5) is 0 Å². The molecule has 0 saturated carbocycles. The molecule has 3 heterocycles. The predicted octanol–water partition coefficient (Wildman–Crippen LogP) is 2.85. The Balaban J connectivity index is 1.93. The number of hydrogen-bond donors (Lipinski definition) is 2. The van der Waals surface area contributed by atoms with Crippen molar-refractivity contribution in [2.45, 2.75) is 33.7 Å². The Morgan fingerprint density at radius 3 is 2.69 bits per heavy atom. The van der Waals surface area contributed by atoms with Crippen molar-refractivity contribution in [1.82, 2.24) is 25.4 Å². The summed E-state index contributed by atoms with van der Waals surface area (Å²) in [6.07, 6.45) is 1.71. The van der Waals surface area contributed by atoms with Gasteiger partial charge in [0.25, 0.3) is 5.91 Å². The highest BCUT2D eigenvalue weighted by Crippen LogP contribution is 2.29. The van der Waals surface area contributed by atoms with E-state index in [0.29, 0.717) is 36.6 Å². The summed E-state index contributed by atoms with van der Waals surface area (Å²) in [4.78, 5) is 17.8. The predicted molar refractivity (Wildman–Crippen MR) is 112 cm³/mol. The van der Waals surface area contributed by atoms with Gasteiger partial charge in [-0.1, -0.05) is 0 Å². The summed E-state index contributed by atoms with van der Waals surface area (Å²) in [6.45, 7) is 10.5. The molecule has 0 aromatic carbocycles. The lowest BCUT2D eigenvalue weighted by Crippen LogP contribution is -2.33. The molecule has 2 N–H and O–H groups in total. The van der Waals surface area contributed by atoms with Gasteiger partial charge < -0.3 is 19.8 Å². The second-order valence-electron chi connectivity index (χ2n) is 7.30. The molecule has 8 nitrogen and oxygen atoms in total. The van der Waals surface area contributed by atoms with Crippen LogP contribution in [-0.4, -0.2) is 54.0 Å². The number of rotatable bonds is 9. The maximum atomic E-state index is 12.9. The number of hydrogen-bond acceptors (Lipinski definition) is 6. The van der Waals surface area contributed by atoms with Gasteiger partial charge >= 0.3 is 0 Å². The number of aryl methyl sites for hydroxylation is 2. The molecule has 3 rings (SSSR count). The van der Waals surface area contributed by atoms with Gasteiger partial charge in [0.1, 0.15) is 11.5 Å². The van der Waals surface area contributed by atoms with Crippen LogP contribution in [0.3, 0.4) is 0 Å². The minimum absolute atomic E-state index is 0.128. The lowest BCUT2D eigenvalue weighted by atomic mass is 10.1. The van der Waals surface area contributed by atoms with E-state index in [4.69, 9.17) is 14.1 Å². The van der Waals surface area contributed by atoms with Crippen molar-refractivity contribution >= 4 is 16.9 Å². The van der Waals surface area contributed by atoms with Gasteiger partial charge in [-0.15, -0.1) is 0 Å². The van der Waals surface area contributed by atoms with Crippen molar-refractivity contribution < 1.29 is 13.9 Å². The van der Waals surface area contributed by atoms with E-state index in [-0.39, 0.29) is 11.9 Å². The number of fused-ring (bicyclic) bond motifs is 1. The number of ether oxygens (including phenoxy) is 1. The monoisotopic (exact) mass is 399 g/mol. The fourth-order valence-electron chi connectivity index (χ4n) is 3.27. The quantitative estimate of drug-likeness (QED) is 0.538. The molecule has 29 heavy (non-hydrogen) atoms. The number of nitrogens with zero attached hydrogens (tertiary/aromatic N) is 3. The lowest BCUT2D eigenvalue weighted by molar-refractivity contribution is 0.0955. The molecule has 0 unspecified atom stereocenters. The lowest BCUT2D eigenvalue weighted by Gasteiger charge is -2.11. The maximum absolute atomic E-state index is 12.9. The van der Waals surface area contributed by atoms with Crippen LogP contribution in [0.25, 0.3) is 22.3 Å². The third kappa shape index (κ3) is 4.65. The maximum Gasteiger partial charge on any atom is 0.252 e. The normalized spacial score (nSPS) is 11.5. The molecule has 8 heteroatoms. The van der Waals surface area contributed by atoms with Gasteiger partial charge in [0.05, 0.1) is 29.4 Å². The van der Waals surface area contributed by atoms with Crippen molar-refractivity contribution in [3.05, 3.63) is 35.4 Å². The molecule has 0 saturated heterocycles. The highest BCUT2D eigenvalue weighted by atomic mass is 16.5. The number of methoxy groups -OCH3 is 1. The number of aromatic nitrogens is 3. The fourth-order valence-corrected chi connectivity index (χ4v) is 3.27. The summed E-state index contributed by atoms with van der Waals surface area (Å²) in [7, 11) is 1.66. The van der Waals surface area contributed by atoms with E-state index in [1.807, 2.05) is 44.5 Å². The summed E-state index contributed by atoms with van der Waals surface area (Å²) in [6, 6.07) is 3.89. The van der Waals surface area contributed by atoms with Crippen molar-refractivity contribution in [2.75, 3.05) is 33.4 Å². The average Bonchev–Trinajstić information content (AvgIpc) is 3.26. The first-order valence-electron chi connectivity index (χ1n) is 9.86. The van der Waals surface area contributed by atoms with E-state index in [1.165, 1.54) is 0 Å². The SMILES string of the molecule is COCCNCCNC(=O)c1cc(-c2cc(C)oc2C)nc2c1cnn2C(C)C. The zero-order chi connectivity index (χ0) is 21.0. The second-order valence-corrected chi connectivity index (χ2v) is 7.30. The summed E-state index contributed by atoms with van der Waals surface area (Å²) >= 11 is 0.